The summed E-state index contributed by atoms with van der Waals surface area (Å²) in [5.41, 5.74) is 7.77. The summed E-state index contributed by atoms with van der Waals surface area (Å²) in [5.74, 6) is -0.515. The zero-order chi connectivity index (χ0) is 18.6. The zero-order valence-electron chi connectivity index (χ0n) is 14.9. The number of halogens is 1. The largest absolute Gasteiger partial charge is 0.274 e. The number of rotatable bonds is 5. The van der Waals surface area contributed by atoms with Gasteiger partial charge in [-0.25, -0.2) is 4.68 Å². The van der Waals surface area contributed by atoms with E-state index in [1.165, 1.54) is 5.56 Å². The van der Waals surface area contributed by atoms with E-state index in [1.54, 1.807) is 11.6 Å². The van der Waals surface area contributed by atoms with Crippen molar-refractivity contribution in [2.45, 2.75) is 40.7 Å². The van der Waals surface area contributed by atoms with Crippen LogP contribution in [0.3, 0.4) is 0 Å². The molecular formula is C18H23ClN4O2. The highest BCUT2D eigenvalue weighted by molar-refractivity contribution is 6.33. The van der Waals surface area contributed by atoms with E-state index in [-0.39, 0.29) is 22.5 Å². The maximum atomic E-state index is 12.3. The Bertz CT molecular complexity index is 766. The second-order valence-electron chi connectivity index (χ2n) is 6.49. The lowest BCUT2D eigenvalue weighted by atomic mass is 10.1. The Kier molecular flexibility index (Phi) is 6.20. The number of aromatic nitrogens is 2. The third kappa shape index (κ3) is 5.06. The monoisotopic (exact) mass is 362 g/mol. The lowest BCUT2D eigenvalue weighted by molar-refractivity contribution is -0.122. The summed E-state index contributed by atoms with van der Waals surface area (Å²) in [6.45, 7) is 8.05. The molecule has 0 aliphatic heterocycles. The summed E-state index contributed by atoms with van der Waals surface area (Å²) in [4.78, 5) is 24.0. The topological polar surface area (TPSA) is 76.0 Å². The van der Waals surface area contributed by atoms with Gasteiger partial charge >= 0.3 is 0 Å². The summed E-state index contributed by atoms with van der Waals surface area (Å²) < 4.78 is 1.58. The molecule has 2 N–H and O–H groups in total. The minimum absolute atomic E-state index is 0.208. The highest BCUT2D eigenvalue weighted by Gasteiger charge is 2.21. The Balaban J connectivity index is 2.09. The molecule has 2 aromatic rings. The number of amides is 2. The van der Waals surface area contributed by atoms with E-state index in [0.717, 1.165) is 5.56 Å². The van der Waals surface area contributed by atoms with E-state index in [1.807, 2.05) is 45.0 Å². The van der Waals surface area contributed by atoms with Crippen LogP contribution in [-0.2, 0) is 11.3 Å². The van der Waals surface area contributed by atoms with Crippen molar-refractivity contribution in [3.63, 3.8) is 0 Å². The average Bonchev–Trinajstić information content (AvgIpc) is 2.81. The van der Waals surface area contributed by atoms with Gasteiger partial charge in [-0.15, -0.1) is 0 Å². The lowest BCUT2D eigenvalue weighted by Crippen LogP contribution is -2.42. The molecule has 134 valence electrons. The molecular weight excluding hydrogens is 340 g/mol. The Labute approximate surface area is 152 Å². The van der Waals surface area contributed by atoms with Crippen molar-refractivity contribution >= 4 is 23.4 Å². The van der Waals surface area contributed by atoms with Crippen LogP contribution in [-0.4, -0.2) is 21.6 Å². The molecule has 0 radical (unpaired) electrons. The molecule has 7 heteroatoms. The van der Waals surface area contributed by atoms with Crippen molar-refractivity contribution in [1.82, 2.24) is 20.6 Å². The number of hydrazine groups is 1. The van der Waals surface area contributed by atoms with Crippen LogP contribution >= 0.6 is 11.6 Å². The van der Waals surface area contributed by atoms with Crippen LogP contribution in [0.15, 0.2) is 24.3 Å². The average molecular weight is 363 g/mol. The fourth-order valence-corrected chi connectivity index (χ4v) is 2.71. The molecule has 0 unspecified atom stereocenters. The molecule has 1 heterocycles. The van der Waals surface area contributed by atoms with Crippen molar-refractivity contribution in [2.75, 3.05) is 0 Å². The second-order valence-corrected chi connectivity index (χ2v) is 6.85. The van der Waals surface area contributed by atoms with E-state index in [4.69, 9.17) is 11.6 Å². The second kappa shape index (κ2) is 8.16. The van der Waals surface area contributed by atoms with Gasteiger partial charge in [0.1, 0.15) is 10.7 Å². The predicted octanol–water partition coefficient (Wildman–Crippen LogP) is 3.01. The molecule has 2 amide bonds. The molecule has 0 spiro atoms. The number of nitrogens with one attached hydrogen (secondary N) is 2. The molecule has 25 heavy (non-hydrogen) atoms. The minimum Gasteiger partial charge on any atom is -0.273 e. The van der Waals surface area contributed by atoms with Crippen molar-refractivity contribution < 1.29 is 9.59 Å². The predicted molar refractivity (Wildman–Crippen MR) is 97.3 cm³/mol. The van der Waals surface area contributed by atoms with Gasteiger partial charge in [0.15, 0.2) is 0 Å². The molecule has 0 aliphatic carbocycles. The van der Waals surface area contributed by atoms with Crippen molar-refractivity contribution in [3.05, 3.63) is 51.8 Å². The first-order chi connectivity index (χ1) is 11.8. The van der Waals surface area contributed by atoms with Gasteiger partial charge in [0.25, 0.3) is 5.91 Å². The molecule has 0 saturated carbocycles. The summed E-state index contributed by atoms with van der Waals surface area (Å²) in [5, 5.41) is 4.58. The maximum Gasteiger partial charge on any atom is 0.274 e. The molecule has 0 atom stereocenters. The van der Waals surface area contributed by atoms with Crippen molar-refractivity contribution in [1.29, 1.82) is 0 Å². The van der Waals surface area contributed by atoms with Gasteiger partial charge in [-0.1, -0.05) is 55.3 Å². The molecule has 0 saturated heterocycles. The van der Waals surface area contributed by atoms with Crippen LogP contribution in [0.4, 0.5) is 0 Å². The first kappa shape index (κ1) is 19.0. The Morgan fingerprint density at radius 2 is 1.80 bits per heavy atom. The lowest BCUT2D eigenvalue weighted by Gasteiger charge is -2.09. The molecule has 6 nitrogen and oxygen atoms in total. The quantitative estimate of drug-likeness (QED) is 0.803. The first-order valence-corrected chi connectivity index (χ1v) is 8.53. The van der Waals surface area contributed by atoms with Crippen LogP contribution < -0.4 is 10.9 Å². The van der Waals surface area contributed by atoms with Crippen LogP contribution in [0.5, 0.6) is 0 Å². The van der Waals surface area contributed by atoms with Gasteiger partial charge in [-0.2, -0.15) is 5.10 Å². The minimum atomic E-state index is -0.477. The maximum absolute atomic E-state index is 12.3. The van der Waals surface area contributed by atoms with Gasteiger partial charge in [-0.3, -0.25) is 20.4 Å². The Morgan fingerprint density at radius 1 is 1.16 bits per heavy atom. The van der Waals surface area contributed by atoms with Crippen LogP contribution in [0.2, 0.25) is 5.15 Å². The standard InChI is InChI=1S/C18H23ClN4O2/c1-11(2)9-15(24)20-21-18(25)16-13(4)22-23(17(16)19)10-14-7-5-12(3)6-8-14/h5-8,11H,9-10H2,1-4H3,(H,20,24)(H,21,25). The number of nitrogens with zero attached hydrogens (tertiary/aromatic N) is 2. The normalized spacial score (nSPS) is 10.8. The summed E-state index contributed by atoms with van der Waals surface area (Å²) in [7, 11) is 0. The van der Waals surface area contributed by atoms with E-state index in [2.05, 4.69) is 16.0 Å². The molecule has 1 aromatic heterocycles. The van der Waals surface area contributed by atoms with Gasteiger partial charge in [0.05, 0.1) is 12.2 Å². The van der Waals surface area contributed by atoms with Gasteiger partial charge in [0, 0.05) is 6.42 Å². The highest BCUT2D eigenvalue weighted by Crippen LogP contribution is 2.21. The number of carbonyl (C=O) groups is 2. The highest BCUT2D eigenvalue weighted by atomic mass is 35.5. The smallest absolute Gasteiger partial charge is 0.273 e. The van der Waals surface area contributed by atoms with E-state index in [0.29, 0.717) is 18.7 Å². The fourth-order valence-electron chi connectivity index (χ4n) is 2.39. The van der Waals surface area contributed by atoms with Crippen molar-refractivity contribution in [2.24, 2.45) is 5.92 Å². The SMILES string of the molecule is Cc1ccc(Cn2nc(C)c(C(=O)NNC(=O)CC(C)C)c2Cl)cc1. The third-order valence-corrected chi connectivity index (χ3v) is 4.04. The fraction of sp³-hybridized carbons (Fsp3) is 0.389. The Hall–Kier alpha value is -2.34. The van der Waals surface area contributed by atoms with Crippen LogP contribution in [0, 0.1) is 19.8 Å². The van der Waals surface area contributed by atoms with Crippen LogP contribution in [0.1, 0.15) is 47.4 Å². The third-order valence-electron chi connectivity index (χ3n) is 3.65. The molecule has 0 fully saturated rings. The summed E-state index contributed by atoms with van der Waals surface area (Å²) >= 11 is 6.33. The zero-order valence-corrected chi connectivity index (χ0v) is 15.6. The molecule has 0 aliphatic rings. The van der Waals surface area contributed by atoms with Gasteiger partial charge in [-0.05, 0) is 25.3 Å². The number of hydrogen-bond acceptors (Lipinski definition) is 3. The number of hydrogen-bond donors (Lipinski definition) is 2. The Morgan fingerprint density at radius 3 is 2.40 bits per heavy atom. The van der Waals surface area contributed by atoms with E-state index < -0.39 is 5.91 Å². The molecule has 2 rings (SSSR count). The number of aryl methyl sites for hydroxylation is 2. The van der Waals surface area contributed by atoms with Crippen LogP contribution in [0.25, 0.3) is 0 Å². The summed E-state index contributed by atoms with van der Waals surface area (Å²) in [6.07, 6.45) is 0.333. The van der Waals surface area contributed by atoms with E-state index in [9.17, 15) is 9.59 Å². The number of carbonyl (C=O) groups excluding carboxylic acids is 2. The van der Waals surface area contributed by atoms with E-state index >= 15 is 0 Å². The van der Waals surface area contributed by atoms with Gasteiger partial charge < -0.3 is 0 Å². The van der Waals surface area contributed by atoms with Gasteiger partial charge in [0.2, 0.25) is 5.91 Å². The molecule has 1 aromatic carbocycles. The molecule has 0 bridgehead atoms. The number of benzene rings is 1. The first-order valence-electron chi connectivity index (χ1n) is 8.15. The van der Waals surface area contributed by atoms with Crippen molar-refractivity contribution in [3.8, 4) is 0 Å². The summed E-state index contributed by atoms with van der Waals surface area (Å²) in [6, 6.07) is 8.01.